The number of ether oxygens (including phenoxy) is 1. The first-order valence-electron chi connectivity index (χ1n) is 12.7. The molecule has 4 N–H and O–H groups in total. The van der Waals surface area contributed by atoms with Crippen LogP contribution in [0.1, 0.15) is 88.7 Å². The standard InChI is InChI=1S/C26H39N5O4/c1-15(2)22-20(13-28-31(22)7-6-25(4,5)30-16(3)32)23(33)29-21-18-8-17-9-19(21)12-26(10-17,11-18)14-35-24(27)34/h6-7,13,15,17-19,21H,8-12,14H2,1-5H3,(H2,27,34)(H,29,33)(H,30,32)/b7-6+/t17?,18?,19?,21-,26-. The highest BCUT2D eigenvalue weighted by atomic mass is 16.5. The van der Waals surface area contributed by atoms with Crippen LogP contribution in [0, 0.1) is 23.2 Å². The van der Waals surface area contributed by atoms with Crippen molar-refractivity contribution in [2.45, 2.75) is 84.2 Å². The quantitative estimate of drug-likeness (QED) is 0.520. The predicted octanol–water partition coefficient (Wildman–Crippen LogP) is 3.41. The number of aromatic nitrogens is 2. The van der Waals surface area contributed by atoms with Crippen LogP contribution in [-0.4, -0.2) is 45.9 Å². The molecule has 4 fully saturated rings. The highest BCUT2D eigenvalue weighted by Crippen LogP contribution is 2.60. The molecule has 4 bridgehead atoms. The van der Waals surface area contributed by atoms with Gasteiger partial charge in [0.15, 0.2) is 0 Å². The van der Waals surface area contributed by atoms with Crippen molar-refractivity contribution in [2.24, 2.45) is 28.9 Å². The number of primary amides is 1. The molecule has 1 heterocycles. The average Bonchev–Trinajstić information content (AvgIpc) is 3.17. The minimum absolute atomic E-state index is 0.00619. The van der Waals surface area contributed by atoms with E-state index < -0.39 is 11.6 Å². The van der Waals surface area contributed by atoms with E-state index in [9.17, 15) is 14.4 Å². The van der Waals surface area contributed by atoms with Gasteiger partial charge in [0.2, 0.25) is 5.91 Å². The molecular formula is C26H39N5O4. The van der Waals surface area contributed by atoms with Gasteiger partial charge in [-0.2, -0.15) is 5.10 Å². The summed E-state index contributed by atoms with van der Waals surface area (Å²) in [5, 5.41) is 10.7. The normalized spacial score (nSPS) is 29.5. The fraction of sp³-hybridized carbons (Fsp3) is 0.692. The van der Waals surface area contributed by atoms with E-state index in [0.717, 1.165) is 37.8 Å². The third kappa shape index (κ3) is 5.38. The lowest BCUT2D eigenvalue weighted by molar-refractivity contribution is -0.120. The average molecular weight is 486 g/mol. The van der Waals surface area contributed by atoms with Gasteiger partial charge in [0, 0.05) is 24.6 Å². The van der Waals surface area contributed by atoms with Crippen LogP contribution in [0.25, 0.3) is 6.20 Å². The molecule has 1 aromatic heterocycles. The number of rotatable bonds is 8. The molecule has 3 amide bonds. The Morgan fingerprint density at radius 2 is 1.91 bits per heavy atom. The maximum absolute atomic E-state index is 13.5. The summed E-state index contributed by atoms with van der Waals surface area (Å²) in [5.41, 5.74) is 6.13. The zero-order chi connectivity index (χ0) is 25.5. The molecule has 0 saturated heterocycles. The van der Waals surface area contributed by atoms with Gasteiger partial charge in [0.1, 0.15) is 0 Å². The second kappa shape index (κ2) is 9.32. The van der Waals surface area contributed by atoms with E-state index in [1.165, 1.54) is 6.92 Å². The molecule has 9 heteroatoms. The molecule has 2 atom stereocenters. The third-order valence-electron chi connectivity index (χ3n) is 7.97. The SMILES string of the molecule is CC(=O)NC(C)(C)/C=C/n1ncc(C(=O)N[C@H]2C3CC4CC2C[C@](COC(N)=O)(C4)C3)c1C(C)C. The first-order valence-corrected chi connectivity index (χ1v) is 12.7. The fourth-order valence-electron chi connectivity index (χ4n) is 7.05. The van der Waals surface area contributed by atoms with Crippen LogP contribution in [0.3, 0.4) is 0 Å². The molecular weight excluding hydrogens is 446 g/mol. The summed E-state index contributed by atoms with van der Waals surface area (Å²) in [6, 6.07) is 0.123. The van der Waals surface area contributed by atoms with Gasteiger partial charge in [-0.15, -0.1) is 0 Å². The molecule has 5 rings (SSSR count). The van der Waals surface area contributed by atoms with Crippen molar-refractivity contribution in [2.75, 3.05) is 6.61 Å². The molecule has 0 spiro atoms. The van der Waals surface area contributed by atoms with E-state index in [1.807, 2.05) is 40.0 Å². The monoisotopic (exact) mass is 485 g/mol. The maximum Gasteiger partial charge on any atom is 0.404 e. The summed E-state index contributed by atoms with van der Waals surface area (Å²) in [4.78, 5) is 36.2. The van der Waals surface area contributed by atoms with Crippen molar-refractivity contribution in [3.63, 3.8) is 0 Å². The molecule has 4 saturated carbocycles. The highest BCUT2D eigenvalue weighted by molar-refractivity contribution is 5.95. The predicted molar refractivity (Wildman–Crippen MR) is 132 cm³/mol. The molecule has 192 valence electrons. The number of nitrogens with two attached hydrogens (primary N) is 1. The summed E-state index contributed by atoms with van der Waals surface area (Å²) in [6.45, 7) is 9.78. The van der Waals surface area contributed by atoms with Gasteiger partial charge in [0.25, 0.3) is 5.91 Å². The van der Waals surface area contributed by atoms with Crippen LogP contribution >= 0.6 is 0 Å². The zero-order valence-corrected chi connectivity index (χ0v) is 21.5. The van der Waals surface area contributed by atoms with Crippen molar-refractivity contribution >= 4 is 24.1 Å². The first kappa shape index (κ1) is 25.3. The number of carbonyl (C=O) groups excluding carboxylic acids is 3. The largest absolute Gasteiger partial charge is 0.449 e. The molecule has 4 aliphatic rings. The van der Waals surface area contributed by atoms with Crippen molar-refractivity contribution in [3.05, 3.63) is 23.5 Å². The lowest BCUT2D eigenvalue weighted by Gasteiger charge is -2.59. The molecule has 9 nitrogen and oxygen atoms in total. The summed E-state index contributed by atoms with van der Waals surface area (Å²) < 4.78 is 6.97. The summed E-state index contributed by atoms with van der Waals surface area (Å²) >= 11 is 0. The van der Waals surface area contributed by atoms with E-state index in [1.54, 1.807) is 10.9 Å². The van der Waals surface area contributed by atoms with E-state index in [0.29, 0.717) is 29.9 Å². The van der Waals surface area contributed by atoms with E-state index >= 15 is 0 Å². The van der Waals surface area contributed by atoms with Gasteiger partial charge < -0.3 is 21.1 Å². The number of amides is 3. The van der Waals surface area contributed by atoms with Gasteiger partial charge in [-0.05, 0) is 75.7 Å². The number of hydrogen-bond acceptors (Lipinski definition) is 5. The van der Waals surface area contributed by atoms with Crippen molar-refractivity contribution < 1.29 is 19.1 Å². The first-order chi connectivity index (χ1) is 16.4. The Bertz CT molecular complexity index is 1010. The van der Waals surface area contributed by atoms with Gasteiger partial charge >= 0.3 is 6.09 Å². The Labute approximate surface area is 207 Å². The lowest BCUT2D eigenvalue weighted by atomic mass is 9.48. The number of nitrogens with zero attached hydrogens (tertiary/aromatic N) is 2. The second-order valence-electron chi connectivity index (χ2n) is 11.8. The minimum Gasteiger partial charge on any atom is -0.449 e. The molecule has 0 aliphatic heterocycles. The van der Waals surface area contributed by atoms with E-state index in [2.05, 4.69) is 15.7 Å². The minimum atomic E-state index is -0.710. The summed E-state index contributed by atoms with van der Waals surface area (Å²) in [5.74, 6) is 1.29. The van der Waals surface area contributed by atoms with Gasteiger partial charge in [-0.25, -0.2) is 9.48 Å². The molecule has 0 aromatic carbocycles. The van der Waals surface area contributed by atoms with Crippen LogP contribution in [0.4, 0.5) is 4.79 Å². The topological polar surface area (TPSA) is 128 Å². The Balaban J connectivity index is 1.49. The van der Waals surface area contributed by atoms with Gasteiger partial charge in [-0.3, -0.25) is 9.59 Å². The van der Waals surface area contributed by atoms with Gasteiger partial charge in [0.05, 0.1) is 29.6 Å². The third-order valence-corrected chi connectivity index (χ3v) is 7.97. The smallest absolute Gasteiger partial charge is 0.404 e. The fourth-order valence-corrected chi connectivity index (χ4v) is 7.05. The molecule has 2 unspecified atom stereocenters. The van der Waals surface area contributed by atoms with Gasteiger partial charge in [-0.1, -0.05) is 13.8 Å². The van der Waals surface area contributed by atoms with Crippen LogP contribution in [0.5, 0.6) is 0 Å². The van der Waals surface area contributed by atoms with Crippen LogP contribution < -0.4 is 16.4 Å². The molecule has 35 heavy (non-hydrogen) atoms. The Hall–Kier alpha value is -2.84. The van der Waals surface area contributed by atoms with Crippen molar-refractivity contribution in [3.8, 4) is 0 Å². The Morgan fingerprint density at radius 1 is 1.26 bits per heavy atom. The van der Waals surface area contributed by atoms with Crippen LogP contribution in [-0.2, 0) is 9.53 Å². The van der Waals surface area contributed by atoms with E-state index in [4.69, 9.17) is 10.5 Å². The summed E-state index contributed by atoms with van der Waals surface area (Å²) in [7, 11) is 0. The number of nitrogens with one attached hydrogen (secondary N) is 2. The molecule has 1 aromatic rings. The molecule has 0 radical (unpaired) electrons. The van der Waals surface area contributed by atoms with Crippen molar-refractivity contribution in [1.82, 2.24) is 20.4 Å². The maximum atomic E-state index is 13.5. The van der Waals surface area contributed by atoms with Crippen molar-refractivity contribution in [1.29, 1.82) is 0 Å². The molecule has 4 aliphatic carbocycles. The zero-order valence-electron chi connectivity index (χ0n) is 21.5. The second-order valence-corrected chi connectivity index (χ2v) is 11.8. The van der Waals surface area contributed by atoms with E-state index in [-0.39, 0.29) is 29.2 Å². The highest BCUT2D eigenvalue weighted by Gasteiger charge is 2.56. The Morgan fingerprint density at radius 3 is 2.49 bits per heavy atom. The van der Waals surface area contributed by atoms with Crippen LogP contribution in [0.2, 0.25) is 0 Å². The summed E-state index contributed by atoms with van der Waals surface area (Å²) in [6.07, 6.45) is 9.82. The number of hydrogen-bond donors (Lipinski definition) is 3. The number of carbonyl (C=O) groups is 3. The Kier molecular flexibility index (Phi) is 6.72. The van der Waals surface area contributed by atoms with Crippen LogP contribution in [0.15, 0.2) is 12.3 Å². The lowest BCUT2D eigenvalue weighted by Crippen LogP contribution is -2.60.